The fourth-order valence-corrected chi connectivity index (χ4v) is 5.20. The lowest BCUT2D eigenvalue weighted by atomic mass is 10.1. The molecule has 0 N–H and O–H groups in total. The van der Waals surface area contributed by atoms with Crippen LogP contribution in [0, 0.1) is 0 Å². The molecule has 0 aliphatic carbocycles. The van der Waals surface area contributed by atoms with Gasteiger partial charge in [0.05, 0.1) is 22.3 Å². The molecule has 0 aliphatic heterocycles. The van der Waals surface area contributed by atoms with Crippen molar-refractivity contribution in [3.63, 3.8) is 0 Å². The highest BCUT2D eigenvalue weighted by molar-refractivity contribution is 6.09. The summed E-state index contributed by atoms with van der Waals surface area (Å²) in [5, 5.41) is 2.00. The predicted octanol–water partition coefficient (Wildman–Crippen LogP) is 8.99. The van der Waals surface area contributed by atoms with Crippen molar-refractivity contribution in [3.8, 4) is 39.9 Å². The van der Waals surface area contributed by atoms with Crippen LogP contribution < -0.4 is 0 Å². The number of nitrogens with zero attached hydrogens (tertiary/aromatic N) is 4. The number of halogens is 3. The van der Waals surface area contributed by atoms with Gasteiger partial charge in [0.2, 0.25) is 0 Å². The van der Waals surface area contributed by atoms with Crippen LogP contribution in [0.15, 0.2) is 127 Å². The molecule has 0 amide bonds. The van der Waals surface area contributed by atoms with E-state index in [2.05, 4.69) is 0 Å². The molecule has 41 heavy (non-hydrogen) atoms. The van der Waals surface area contributed by atoms with Gasteiger partial charge in [0.15, 0.2) is 17.5 Å². The van der Waals surface area contributed by atoms with Crippen molar-refractivity contribution in [3.05, 3.63) is 133 Å². The predicted molar refractivity (Wildman–Crippen MR) is 155 cm³/mol. The highest BCUT2D eigenvalue weighted by atomic mass is 19.4. The summed E-state index contributed by atoms with van der Waals surface area (Å²) in [6.45, 7) is 0. The zero-order valence-electron chi connectivity index (χ0n) is 21.5. The van der Waals surface area contributed by atoms with E-state index >= 15 is 0 Å². The normalized spacial score (nSPS) is 11.8. The van der Waals surface area contributed by atoms with Crippen molar-refractivity contribution >= 4 is 21.8 Å². The van der Waals surface area contributed by atoms with Crippen LogP contribution in [-0.2, 0) is 6.18 Å². The maximum atomic E-state index is 14.1. The number of alkyl halides is 3. The van der Waals surface area contributed by atoms with E-state index in [1.807, 2.05) is 114 Å². The maximum Gasteiger partial charge on any atom is 0.416 e. The van der Waals surface area contributed by atoms with E-state index in [1.165, 1.54) is 6.07 Å². The van der Waals surface area contributed by atoms with Crippen LogP contribution in [0.2, 0.25) is 0 Å². The van der Waals surface area contributed by atoms with Gasteiger partial charge >= 0.3 is 6.18 Å². The summed E-state index contributed by atoms with van der Waals surface area (Å²) in [4.78, 5) is 14.2. The van der Waals surface area contributed by atoms with E-state index in [0.717, 1.165) is 45.1 Å². The fraction of sp³-hybridized carbons (Fsp3) is 0.0294. The first kappa shape index (κ1) is 24.7. The van der Waals surface area contributed by atoms with Crippen LogP contribution in [-0.4, -0.2) is 19.5 Å². The SMILES string of the molecule is FC(F)(F)c1ccc(-n2c3ccccc3c3ccccc32)c(-c2nc(-c3ccccc3)nc(-c3ccccc3)n2)c1. The summed E-state index contributed by atoms with van der Waals surface area (Å²) in [7, 11) is 0. The molecule has 4 nitrogen and oxygen atoms in total. The summed E-state index contributed by atoms with van der Waals surface area (Å²) in [6, 6.07) is 38.2. The van der Waals surface area contributed by atoms with E-state index in [0.29, 0.717) is 17.3 Å². The van der Waals surface area contributed by atoms with Crippen LogP contribution in [0.25, 0.3) is 61.7 Å². The summed E-state index contributed by atoms with van der Waals surface area (Å²) < 4.78 is 44.3. The average molecular weight is 543 g/mol. The van der Waals surface area contributed by atoms with E-state index in [1.54, 1.807) is 0 Å². The third kappa shape index (κ3) is 4.41. The summed E-state index contributed by atoms with van der Waals surface area (Å²) in [5.41, 5.74) is 3.23. The Hall–Kier alpha value is -5.30. The summed E-state index contributed by atoms with van der Waals surface area (Å²) in [6.07, 6.45) is -4.55. The molecule has 7 rings (SSSR count). The number of hydrogen-bond acceptors (Lipinski definition) is 3. The Balaban J connectivity index is 1.57. The highest BCUT2D eigenvalue weighted by Gasteiger charge is 2.32. The highest BCUT2D eigenvalue weighted by Crippen LogP contribution is 2.39. The van der Waals surface area contributed by atoms with E-state index in [-0.39, 0.29) is 11.4 Å². The minimum absolute atomic E-state index is 0.153. The molecule has 0 saturated carbocycles. The first-order valence-corrected chi connectivity index (χ1v) is 13.0. The van der Waals surface area contributed by atoms with Gasteiger partial charge in [0.1, 0.15) is 0 Å². The third-order valence-corrected chi connectivity index (χ3v) is 7.09. The number of rotatable bonds is 4. The van der Waals surface area contributed by atoms with Crippen molar-refractivity contribution in [2.45, 2.75) is 6.18 Å². The molecule has 7 aromatic rings. The van der Waals surface area contributed by atoms with Gasteiger partial charge in [-0.2, -0.15) is 13.2 Å². The summed E-state index contributed by atoms with van der Waals surface area (Å²) >= 11 is 0. The third-order valence-electron chi connectivity index (χ3n) is 7.09. The van der Waals surface area contributed by atoms with Gasteiger partial charge in [0.25, 0.3) is 0 Å². The number of hydrogen-bond donors (Lipinski definition) is 0. The molecular weight excluding hydrogens is 521 g/mol. The van der Waals surface area contributed by atoms with Crippen LogP contribution in [0.4, 0.5) is 13.2 Å². The molecular formula is C34H21F3N4. The molecule has 2 heterocycles. The van der Waals surface area contributed by atoms with Gasteiger partial charge in [-0.25, -0.2) is 15.0 Å². The largest absolute Gasteiger partial charge is 0.416 e. The van der Waals surface area contributed by atoms with Gasteiger partial charge in [0, 0.05) is 27.5 Å². The second-order valence-electron chi connectivity index (χ2n) is 9.64. The Kier molecular flexibility index (Phi) is 5.86. The molecule has 0 atom stereocenters. The lowest BCUT2D eigenvalue weighted by Crippen LogP contribution is -2.08. The monoisotopic (exact) mass is 542 g/mol. The first-order valence-electron chi connectivity index (χ1n) is 13.0. The van der Waals surface area contributed by atoms with E-state index in [9.17, 15) is 13.2 Å². The zero-order chi connectivity index (χ0) is 28.0. The Labute approximate surface area is 233 Å². The number of fused-ring (bicyclic) bond motifs is 3. The van der Waals surface area contributed by atoms with Gasteiger partial charge in [-0.05, 0) is 30.3 Å². The van der Waals surface area contributed by atoms with Gasteiger partial charge in [-0.3, -0.25) is 0 Å². The molecule has 0 fully saturated rings. The van der Waals surface area contributed by atoms with E-state index in [4.69, 9.17) is 15.0 Å². The Morgan fingerprint density at radius 1 is 0.488 bits per heavy atom. The molecule has 198 valence electrons. The molecule has 0 bridgehead atoms. The standard InChI is InChI=1S/C34H21F3N4/c35-34(36,37)24-19-20-30(41-28-17-9-7-15-25(28)26-16-8-10-18-29(26)41)27(21-24)33-39-31(22-11-3-1-4-12-22)38-32(40-33)23-13-5-2-6-14-23/h1-21H. The van der Waals surface area contributed by atoms with Crippen molar-refractivity contribution < 1.29 is 13.2 Å². The van der Waals surface area contributed by atoms with Gasteiger partial charge < -0.3 is 4.57 Å². The molecule has 0 radical (unpaired) electrons. The zero-order valence-corrected chi connectivity index (χ0v) is 21.5. The minimum atomic E-state index is -4.55. The minimum Gasteiger partial charge on any atom is -0.309 e. The van der Waals surface area contributed by atoms with Crippen LogP contribution >= 0.6 is 0 Å². The molecule has 0 aliphatic rings. The molecule has 2 aromatic heterocycles. The second-order valence-corrected chi connectivity index (χ2v) is 9.64. The number of aromatic nitrogens is 4. The Bertz CT molecular complexity index is 1920. The van der Waals surface area contributed by atoms with Crippen molar-refractivity contribution in [2.75, 3.05) is 0 Å². The van der Waals surface area contributed by atoms with Crippen molar-refractivity contribution in [2.24, 2.45) is 0 Å². The molecule has 5 aromatic carbocycles. The molecule has 0 spiro atoms. The fourth-order valence-electron chi connectivity index (χ4n) is 5.20. The summed E-state index contributed by atoms with van der Waals surface area (Å²) in [5.74, 6) is 0.903. The first-order chi connectivity index (χ1) is 20.0. The average Bonchev–Trinajstić information content (AvgIpc) is 3.35. The van der Waals surface area contributed by atoms with E-state index < -0.39 is 11.7 Å². The number of benzene rings is 5. The van der Waals surface area contributed by atoms with Crippen LogP contribution in [0.5, 0.6) is 0 Å². The van der Waals surface area contributed by atoms with Gasteiger partial charge in [-0.1, -0.05) is 97.1 Å². The molecule has 0 saturated heterocycles. The number of para-hydroxylation sites is 2. The van der Waals surface area contributed by atoms with Gasteiger partial charge in [-0.15, -0.1) is 0 Å². The topological polar surface area (TPSA) is 43.6 Å². The Morgan fingerprint density at radius 3 is 1.46 bits per heavy atom. The smallest absolute Gasteiger partial charge is 0.309 e. The molecule has 7 heteroatoms. The van der Waals surface area contributed by atoms with Crippen LogP contribution in [0.1, 0.15) is 5.56 Å². The Morgan fingerprint density at radius 2 is 0.951 bits per heavy atom. The van der Waals surface area contributed by atoms with Crippen molar-refractivity contribution in [1.82, 2.24) is 19.5 Å². The second kappa shape index (κ2) is 9.71. The van der Waals surface area contributed by atoms with Crippen LogP contribution in [0.3, 0.4) is 0 Å². The van der Waals surface area contributed by atoms with Crippen molar-refractivity contribution in [1.29, 1.82) is 0 Å². The molecule has 0 unspecified atom stereocenters. The quantitative estimate of drug-likeness (QED) is 0.223. The lowest BCUT2D eigenvalue weighted by Gasteiger charge is -2.17. The maximum absolute atomic E-state index is 14.1. The lowest BCUT2D eigenvalue weighted by molar-refractivity contribution is -0.137.